The van der Waals surface area contributed by atoms with Gasteiger partial charge in [0, 0.05) is 6.20 Å². The highest BCUT2D eigenvalue weighted by Crippen LogP contribution is 2.06. The van der Waals surface area contributed by atoms with Crippen molar-refractivity contribution in [3.63, 3.8) is 0 Å². The van der Waals surface area contributed by atoms with Crippen LogP contribution in [0.25, 0.3) is 0 Å². The van der Waals surface area contributed by atoms with Gasteiger partial charge in [-0.25, -0.2) is 4.79 Å². The number of hydrogen-bond donors (Lipinski definition) is 1. The first kappa shape index (κ1) is 11.8. The second-order valence-corrected chi connectivity index (χ2v) is 3.83. The van der Waals surface area contributed by atoms with E-state index in [-0.39, 0.29) is 0 Å². The summed E-state index contributed by atoms with van der Waals surface area (Å²) in [4.78, 5) is 11.0. The number of carbonyl (C=O) groups is 1. The molecular weight excluding hydrogens is 166 g/mol. The van der Waals surface area contributed by atoms with Crippen LogP contribution >= 0.6 is 0 Å². The molecule has 0 aliphatic heterocycles. The highest BCUT2D eigenvalue weighted by atomic mass is 16.6. The van der Waals surface area contributed by atoms with Gasteiger partial charge < -0.3 is 4.74 Å². The molecule has 0 aromatic carbocycles. The maximum Gasteiger partial charge on any atom is 0.411 e. The fraction of sp³-hybridized carbons (Fsp3) is 0.500. The summed E-state index contributed by atoms with van der Waals surface area (Å²) in [5.41, 5.74) is 0.414. The van der Waals surface area contributed by atoms with Crippen LogP contribution in [0.5, 0.6) is 0 Å². The van der Waals surface area contributed by atoms with Crippen molar-refractivity contribution in [3.05, 3.63) is 24.4 Å². The molecule has 0 radical (unpaired) electrons. The molecule has 0 bridgehead atoms. The second kappa shape index (κ2) is 4.70. The smallest absolute Gasteiger partial charge is 0.411 e. The predicted molar refractivity (Wildman–Crippen MR) is 53.3 cm³/mol. The van der Waals surface area contributed by atoms with Gasteiger partial charge in [0.25, 0.3) is 0 Å². The minimum Gasteiger partial charge on any atom is -0.444 e. The molecule has 0 aromatic heterocycles. The normalized spacial score (nSPS) is 11.4. The van der Waals surface area contributed by atoms with Crippen LogP contribution in [0.2, 0.25) is 0 Å². The lowest BCUT2D eigenvalue weighted by Crippen LogP contribution is -2.29. The van der Waals surface area contributed by atoms with Crippen LogP contribution in [0.15, 0.2) is 24.4 Å². The zero-order chi connectivity index (χ0) is 10.5. The first-order chi connectivity index (χ1) is 5.81. The van der Waals surface area contributed by atoms with Crippen molar-refractivity contribution in [2.24, 2.45) is 0 Å². The van der Waals surface area contributed by atoms with Crippen molar-refractivity contribution in [1.82, 2.24) is 5.32 Å². The molecular formula is C10H17NO2. The molecule has 0 aliphatic rings. The van der Waals surface area contributed by atoms with Crippen LogP contribution < -0.4 is 5.32 Å². The standard InChI is InChI=1S/C10H17NO2/c1-8(2)6-7-11-9(12)13-10(3,4)5/h6-7H,1H2,2-5H3,(H,11,12)/b7-6+. The average Bonchev–Trinajstić information content (AvgIpc) is 1.81. The second-order valence-electron chi connectivity index (χ2n) is 3.83. The molecule has 0 aliphatic carbocycles. The number of ether oxygens (including phenoxy) is 1. The van der Waals surface area contributed by atoms with Gasteiger partial charge in [0.05, 0.1) is 0 Å². The molecule has 0 spiro atoms. The lowest BCUT2D eigenvalue weighted by Gasteiger charge is -2.18. The van der Waals surface area contributed by atoms with Gasteiger partial charge in [0.1, 0.15) is 5.60 Å². The fourth-order valence-electron chi connectivity index (χ4n) is 0.560. The Kier molecular flexibility index (Phi) is 4.25. The molecule has 74 valence electrons. The Morgan fingerprint density at radius 1 is 1.46 bits per heavy atom. The number of alkyl carbamates (subject to hydrolysis) is 1. The van der Waals surface area contributed by atoms with Gasteiger partial charge in [-0.2, -0.15) is 0 Å². The molecule has 0 saturated carbocycles. The molecule has 0 aromatic rings. The van der Waals surface area contributed by atoms with E-state index in [0.29, 0.717) is 0 Å². The van der Waals surface area contributed by atoms with E-state index < -0.39 is 11.7 Å². The van der Waals surface area contributed by atoms with E-state index in [0.717, 1.165) is 5.57 Å². The quantitative estimate of drug-likeness (QED) is 0.668. The topological polar surface area (TPSA) is 38.3 Å². The number of allylic oxidation sites excluding steroid dienone is 2. The van der Waals surface area contributed by atoms with Crippen molar-refractivity contribution in [2.45, 2.75) is 33.3 Å². The van der Waals surface area contributed by atoms with Crippen LogP contribution in [0.4, 0.5) is 4.79 Å². The summed E-state index contributed by atoms with van der Waals surface area (Å²) in [7, 11) is 0. The third-order valence-corrected chi connectivity index (χ3v) is 0.968. The minimum atomic E-state index is -0.457. The van der Waals surface area contributed by atoms with Crippen molar-refractivity contribution < 1.29 is 9.53 Å². The van der Waals surface area contributed by atoms with E-state index in [1.807, 2.05) is 27.7 Å². The van der Waals surface area contributed by atoms with E-state index in [2.05, 4.69) is 11.9 Å². The lowest BCUT2D eigenvalue weighted by molar-refractivity contribution is 0.0552. The lowest BCUT2D eigenvalue weighted by atomic mass is 10.2. The summed E-state index contributed by atoms with van der Waals surface area (Å²) in [5, 5.41) is 2.47. The van der Waals surface area contributed by atoms with E-state index in [1.54, 1.807) is 6.08 Å². The van der Waals surface area contributed by atoms with E-state index >= 15 is 0 Å². The third-order valence-electron chi connectivity index (χ3n) is 0.968. The van der Waals surface area contributed by atoms with Crippen LogP contribution in [0.3, 0.4) is 0 Å². The molecule has 0 saturated heterocycles. The molecule has 1 N–H and O–H groups in total. The van der Waals surface area contributed by atoms with Gasteiger partial charge >= 0.3 is 6.09 Å². The Morgan fingerprint density at radius 3 is 2.38 bits per heavy atom. The monoisotopic (exact) mass is 183 g/mol. The maximum absolute atomic E-state index is 11.0. The van der Waals surface area contributed by atoms with Gasteiger partial charge in [-0.15, -0.1) is 0 Å². The molecule has 0 atom stereocenters. The first-order valence-electron chi connectivity index (χ1n) is 4.13. The Morgan fingerprint density at radius 2 is 2.00 bits per heavy atom. The Bertz CT molecular complexity index is 224. The van der Waals surface area contributed by atoms with Crippen LogP contribution in [-0.2, 0) is 4.74 Å². The number of hydrogen-bond acceptors (Lipinski definition) is 2. The maximum atomic E-state index is 11.0. The summed E-state index contributed by atoms with van der Waals surface area (Å²) in [6.07, 6.45) is 2.75. The zero-order valence-electron chi connectivity index (χ0n) is 8.68. The van der Waals surface area contributed by atoms with Gasteiger partial charge in [-0.1, -0.05) is 12.2 Å². The first-order valence-corrected chi connectivity index (χ1v) is 4.13. The van der Waals surface area contributed by atoms with Crippen molar-refractivity contribution in [3.8, 4) is 0 Å². The molecule has 1 amide bonds. The number of carbonyl (C=O) groups excluding carboxylic acids is 1. The summed E-state index contributed by atoms with van der Waals surface area (Å²) >= 11 is 0. The Labute approximate surface area is 79.5 Å². The van der Waals surface area contributed by atoms with Crippen molar-refractivity contribution in [2.75, 3.05) is 0 Å². The summed E-state index contributed by atoms with van der Waals surface area (Å²) in [6.45, 7) is 10.9. The van der Waals surface area contributed by atoms with E-state index in [1.165, 1.54) is 6.20 Å². The summed E-state index contributed by atoms with van der Waals surface area (Å²) in [5.74, 6) is 0. The predicted octanol–water partition coefficient (Wildman–Crippen LogP) is 2.60. The molecule has 13 heavy (non-hydrogen) atoms. The van der Waals surface area contributed by atoms with Gasteiger partial charge in [0.2, 0.25) is 0 Å². The Balaban J connectivity index is 3.83. The average molecular weight is 183 g/mol. The molecule has 0 fully saturated rings. The molecule has 3 nitrogen and oxygen atoms in total. The highest BCUT2D eigenvalue weighted by Gasteiger charge is 2.14. The summed E-state index contributed by atoms with van der Waals surface area (Å²) < 4.78 is 4.99. The molecule has 3 heteroatoms. The SMILES string of the molecule is C=C(C)/C=C/NC(=O)OC(C)(C)C. The van der Waals surface area contributed by atoms with E-state index in [4.69, 9.17) is 4.74 Å². The van der Waals surface area contributed by atoms with Gasteiger partial charge in [0.15, 0.2) is 0 Å². The molecule has 0 unspecified atom stereocenters. The van der Waals surface area contributed by atoms with Gasteiger partial charge in [-0.05, 0) is 33.8 Å². The molecule has 0 heterocycles. The largest absolute Gasteiger partial charge is 0.444 e. The summed E-state index contributed by atoms with van der Waals surface area (Å²) in [6, 6.07) is 0. The van der Waals surface area contributed by atoms with E-state index in [9.17, 15) is 4.79 Å². The third kappa shape index (κ3) is 8.66. The zero-order valence-corrected chi connectivity index (χ0v) is 8.68. The number of nitrogens with one attached hydrogen (secondary N) is 1. The van der Waals surface area contributed by atoms with Crippen molar-refractivity contribution in [1.29, 1.82) is 0 Å². The van der Waals surface area contributed by atoms with Crippen LogP contribution in [-0.4, -0.2) is 11.7 Å². The number of rotatable bonds is 2. The van der Waals surface area contributed by atoms with Crippen LogP contribution in [0.1, 0.15) is 27.7 Å². The molecule has 0 rings (SSSR count). The minimum absolute atomic E-state index is 0.454. The van der Waals surface area contributed by atoms with Crippen LogP contribution in [0, 0.1) is 0 Å². The number of amides is 1. The fourth-order valence-corrected chi connectivity index (χ4v) is 0.560. The van der Waals surface area contributed by atoms with Gasteiger partial charge in [-0.3, -0.25) is 5.32 Å². The highest BCUT2D eigenvalue weighted by molar-refractivity contribution is 5.68. The van der Waals surface area contributed by atoms with Crippen molar-refractivity contribution >= 4 is 6.09 Å². The Hall–Kier alpha value is -1.25.